The minimum atomic E-state index is -0.424. The molecule has 0 bridgehead atoms. The zero-order valence-electron chi connectivity index (χ0n) is 8.49. The van der Waals surface area contributed by atoms with Crippen molar-refractivity contribution in [3.05, 3.63) is 29.8 Å². The van der Waals surface area contributed by atoms with Gasteiger partial charge in [-0.15, -0.1) is 0 Å². The van der Waals surface area contributed by atoms with Gasteiger partial charge in [0.1, 0.15) is 6.23 Å². The third-order valence-corrected chi connectivity index (χ3v) is 2.13. The normalized spacial score (nSPS) is 11.7. The first kappa shape index (κ1) is 14.0. The van der Waals surface area contributed by atoms with Crippen LogP contribution < -0.4 is 4.90 Å². The zero-order valence-corrected chi connectivity index (χ0v) is 8.49. The van der Waals surface area contributed by atoms with Crippen LogP contribution in [-0.2, 0) is 0 Å². The number of hydrogen-bond acceptors (Lipinski definition) is 2. The molecule has 0 aromatic heterocycles. The van der Waals surface area contributed by atoms with Gasteiger partial charge in [-0.05, 0) is 38.5 Å². The third-order valence-electron chi connectivity index (χ3n) is 2.13. The fourth-order valence-electron chi connectivity index (χ4n) is 1.47. The average molecular weight is 203 g/mol. The van der Waals surface area contributed by atoms with Crippen LogP contribution in [0.5, 0.6) is 0 Å². The molecule has 1 rings (SSSR count). The Morgan fingerprint density at radius 3 is 2.50 bits per heavy atom. The van der Waals surface area contributed by atoms with E-state index in [1.54, 1.807) is 6.92 Å². The van der Waals surface area contributed by atoms with Crippen molar-refractivity contribution in [2.24, 2.45) is 0 Å². The molecule has 0 fully saturated rings. The van der Waals surface area contributed by atoms with E-state index in [4.69, 9.17) is 0 Å². The van der Waals surface area contributed by atoms with Crippen LogP contribution in [0.2, 0.25) is 0 Å². The molecule has 1 unspecified atom stereocenters. The molecule has 74 valence electrons. The molecule has 2 nitrogen and oxygen atoms in total. The van der Waals surface area contributed by atoms with Crippen LogP contribution in [0.1, 0.15) is 19.4 Å². The molecule has 0 saturated carbocycles. The van der Waals surface area contributed by atoms with Gasteiger partial charge in [0.25, 0.3) is 0 Å². The zero-order chi connectivity index (χ0) is 9.84. The van der Waals surface area contributed by atoms with E-state index in [1.165, 1.54) is 5.56 Å². The summed E-state index contributed by atoms with van der Waals surface area (Å²) in [6.07, 6.45) is -0.424. The molecule has 0 amide bonds. The van der Waals surface area contributed by atoms with Gasteiger partial charge in [-0.2, -0.15) is 0 Å². The van der Waals surface area contributed by atoms with Gasteiger partial charge in [0.15, 0.2) is 0 Å². The summed E-state index contributed by atoms with van der Waals surface area (Å²) in [5.41, 5.74) is 2.30. The molecular formula is C11H18NNaO. The Hall–Kier alpha value is -0.0200. The Bertz CT molecular complexity index is 276. The quantitative estimate of drug-likeness (QED) is 0.594. The van der Waals surface area contributed by atoms with Crippen LogP contribution in [0, 0.1) is 6.92 Å². The molecular weight excluding hydrogens is 185 g/mol. The van der Waals surface area contributed by atoms with Crippen molar-refractivity contribution >= 4 is 35.2 Å². The summed E-state index contributed by atoms with van der Waals surface area (Å²) in [5, 5.41) is 9.48. The fraction of sp³-hybridized carbons (Fsp3) is 0.455. The maximum atomic E-state index is 9.48. The summed E-state index contributed by atoms with van der Waals surface area (Å²) < 4.78 is 0. The fourth-order valence-corrected chi connectivity index (χ4v) is 1.47. The van der Waals surface area contributed by atoms with Crippen LogP contribution >= 0.6 is 0 Å². The van der Waals surface area contributed by atoms with E-state index in [1.807, 2.05) is 24.0 Å². The van der Waals surface area contributed by atoms with Crippen molar-refractivity contribution in [3.8, 4) is 0 Å². The molecule has 0 aliphatic heterocycles. The van der Waals surface area contributed by atoms with Crippen molar-refractivity contribution in [1.29, 1.82) is 0 Å². The van der Waals surface area contributed by atoms with Crippen molar-refractivity contribution in [3.63, 3.8) is 0 Å². The molecule has 1 atom stereocenters. The summed E-state index contributed by atoms with van der Waals surface area (Å²) in [5.74, 6) is 0. The second kappa shape index (κ2) is 6.46. The second-order valence-electron chi connectivity index (χ2n) is 3.26. The van der Waals surface area contributed by atoms with Gasteiger partial charge in [0.2, 0.25) is 0 Å². The Morgan fingerprint density at radius 1 is 1.43 bits per heavy atom. The van der Waals surface area contributed by atoms with Gasteiger partial charge in [0.05, 0.1) is 0 Å². The molecule has 0 aliphatic carbocycles. The summed E-state index contributed by atoms with van der Waals surface area (Å²) in [6, 6.07) is 8.16. The Kier molecular flexibility index (Phi) is 6.45. The van der Waals surface area contributed by atoms with Crippen molar-refractivity contribution in [2.45, 2.75) is 27.0 Å². The standard InChI is InChI=1S/C11H17NO.Na.H/c1-4-12(10(3)13)11-7-5-6-9(2)8-11;;/h5-8,10,13H,4H2,1-3H3;;. The first-order valence-electron chi connectivity index (χ1n) is 4.66. The number of benzene rings is 1. The Morgan fingerprint density at radius 2 is 2.07 bits per heavy atom. The van der Waals surface area contributed by atoms with Crippen molar-refractivity contribution in [2.75, 3.05) is 11.4 Å². The number of anilines is 1. The molecule has 0 saturated heterocycles. The topological polar surface area (TPSA) is 23.5 Å². The van der Waals surface area contributed by atoms with Gasteiger partial charge in [-0.25, -0.2) is 0 Å². The van der Waals surface area contributed by atoms with Crippen LogP contribution in [-0.4, -0.2) is 47.4 Å². The van der Waals surface area contributed by atoms with E-state index in [2.05, 4.69) is 19.1 Å². The predicted octanol–water partition coefficient (Wildman–Crippen LogP) is 1.51. The van der Waals surface area contributed by atoms with Crippen LogP contribution in [0.15, 0.2) is 24.3 Å². The Balaban J connectivity index is 0.00000169. The molecule has 0 aliphatic rings. The van der Waals surface area contributed by atoms with Gasteiger partial charge in [0, 0.05) is 12.2 Å². The number of aliphatic hydroxyl groups is 1. The molecule has 3 heteroatoms. The van der Waals surface area contributed by atoms with Crippen molar-refractivity contribution in [1.82, 2.24) is 0 Å². The maximum absolute atomic E-state index is 9.48. The summed E-state index contributed by atoms with van der Waals surface area (Å²) in [7, 11) is 0. The number of nitrogens with zero attached hydrogens (tertiary/aromatic N) is 1. The van der Waals surface area contributed by atoms with E-state index in [0.29, 0.717) is 0 Å². The number of aryl methyl sites for hydroxylation is 1. The van der Waals surface area contributed by atoms with Crippen LogP contribution in [0.4, 0.5) is 5.69 Å². The van der Waals surface area contributed by atoms with Gasteiger partial charge in [-0.3, -0.25) is 0 Å². The summed E-state index contributed by atoms with van der Waals surface area (Å²) >= 11 is 0. The van der Waals surface area contributed by atoms with Gasteiger partial charge < -0.3 is 10.0 Å². The van der Waals surface area contributed by atoms with E-state index in [9.17, 15) is 5.11 Å². The van der Waals surface area contributed by atoms with Crippen molar-refractivity contribution < 1.29 is 5.11 Å². The molecule has 1 aromatic rings. The SMILES string of the molecule is CCN(c1cccc(C)c1)C(C)O.[NaH]. The monoisotopic (exact) mass is 203 g/mol. The van der Waals surface area contributed by atoms with Crippen LogP contribution in [0.25, 0.3) is 0 Å². The summed E-state index contributed by atoms with van der Waals surface area (Å²) in [4.78, 5) is 1.95. The minimum absolute atomic E-state index is 0. The van der Waals surface area contributed by atoms with E-state index < -0.39 is 6.23 Å². The molecule has 14 heavy (non-hydrogen) atoms. The Labute approximate surface area is 108 Å². The van der Waals surface area contributed by atoms with Crippen LogP contribution in [0.3, 0.4) is 0 Å². The van der Waals surface area contributed by atoms with E-state index in [-0.39, 0.29) is 29.6 Å². The summed E-state index contributed by atoms with van der Waals surface area (Å²) in [6.45, 7) is 6.70. The molecule has 0 radical (unpaired) electrons. The first-order valence-corrected chi connectivity index (χ1v) is 4.66. The first-order chi connectivity index (χ1) is 6.15. The van der Waals surface area contributed by atoms with E-state index in [0.717, 1.165) is 12.2 Å². The molecule has 0 heterocycles. The third kappa shape index (κ3) is 3.62. The van der Waals surface area contributed by atoms with E-state index >= 15 is 0 Å². The number of hydrogen-bond donors (Lipinski definition) is 1. The van der Waals surface area contributed by atoms with Gasteiger partial charge in [-0.1, -0.05) is 12.1 Å². The number of rotatable bonds is 3. The molecule has 0 spiro atoms. The van der Waals surface area contributed by atoms with Gasteiger partial charge >= 0.3 is 29.6 Å². The second-order valence-corrected chi connectivity index (χ2v) is 3.26. The predicted molar refractivity (Wildman–Crippen MR) is 63.0 cm³/mol. The molecule has 1 N–H and O–H groups in total. The molecule has 1 aromatic carbocycles. The number of aliphatic hydroxyl groups excluding tert-OH is 1. The average Bonchev–Trinajstić information content (AvgIpc) is 2.04.